The smallest absolute Gasteiger partial charge is 0.239 e. The fourth-order valence-electron chi connectivity index (χ4n) is 3.68. The van der Waals surface area contributed by atoms with E-state index in [0.717, 1.165) is 25.4 Å². The maximum Gasteiger partial charge on any atom is 0.239 e. The van der Waals surface area contributed by atoms with E-state index in [4.69, 9.17) is 0 Å². The molecule has 1 N–H and O–H groups in total. The van der Waals surface area contributed by atoms with Crippen molar-refractivity contribution in [3.63, 3.8) is 0 Å². The monoisotopic (exact) mass is 267 g/mol. The molecule has 0 aromatic rings. The number of hydrogen-bond acceptors (Lipinski definition) is 3. The van der Waals surface area contributed by atoms with Crippen molar-refractivity contribution in [1.82, 2.24) is 15.1 Å². The predicted octanol–water partition coefficient (Wildman–Crippen LogP) is 1.32. The summed E-state index contributed by atoms with van der Waals surface area (Å²) in [6.45, 7) is 4.18. The van der Waals surface area contributed by atoms with Gasteiger partial charge in [0, 0.05) is 25.7 Å². The Hall–Kier alpha value is -0.610. The van der Waals surface area contributed by atoms with E-state index >= 15 is 0 Å². The molecule has 0 aromatic carbocycles. The Kier molecular flexibility index (Phi) is 4.51. The minimum atomic E-state index is 0.0408. The van der Waals surface area contributed by atoms with E-state index < -0.39 is 0 Å². The highest BCUT2D eigenvalue weighted by molar-refractivity contribution is 5.83. The number of hydrogen-bond donors (Lipinski definition) is 1. The molecule has 3 unspecified atom stereocenters. The quantitative estimate of drug-likeness (QED) is 0.834. The topological polar surface area (TPSA) is 35.6 Å². The molecule has 2 aliphatic rings. The SMILES string of the molecule is CC1CCCC(CNC2CCN(C)C2=O)(N(C)C)C1. The molecule has 0 aromatic heterocycles. The van der Waals surface area contributed by atoms with E-state index in [2.05, 4.69) is 31.2 Å². The largest absolute Gasteiger partial charge is 0.344 e. The number of rotatable bonds is 4. The van der Waals surface area contributed by atoms with Crippen molar-refractivity contribution in [2.24, 2.45) is 5.92 Å². The van der Waals surface area contributed by atoms with Crippen LogP contribution in [0.1, 0.15) is 39.0 Å². The molecule has 0 bridgehead atoms. The van der Waals surface area contributed by atoms with Gasteiger partial charge in [0.1, 0.15) is 0 Å². The molecule has 0 radical (unpaired) electrons. The summed E-state index contributed by atoms with van der Waals surface area (Å²) in [4.78, 5) is 16.2. The second-order valence-corrected chi connectivity index (χ2v) is 6.80. The maximum absolute atomic E-state index is 12.0. The van der Waals surface area contributed by atoms with E-state index in [9.17, 15) is 4.79 Å². The van der Waals surface area contributed by atoms with E-state index in [1.54, 1.807) is 0 Å². The molecule has 2 fully saturated rings. The fraction of sp³-hybridized carbons (Fsp3) is 0.933. The highest BCUT2D eigenvalue weighted by atomic mass is 16.2. The number of likely N-dealkylation sites (N-methyl/N-ethyl adjacent to an activating group) is 2. The Morgan fingerprint density at radius 3 is 2.68 bits per heavy atom. The molecule has 3 atom stereocenters. The number of likely N-dealkylation sites (tertiary alicyclic amines) is 1. The van der Waals surface area contributed by atoms with Crippen molar-refractivity contribution >= 4 is 5.91 Å². The third-order valence-corrected chi connectivity index (χ3v) is 5.12. The lowest BCUT2D eigenvalue weighted by Gasteiger charge is -2.45. The molecule has 4 nitrogen and oxygen atoms in total. The zero-order valence-corrected chi connectivity index (χ0v) is 12.9. The van der Waals surface area contributed by atoms with Gasteiger partial charge in [-0.05, 0) is 39.3 Å². The molecule has 1 aliphatic heterocycles. The third-order valence-electron chi connectivity index (χ3n) is 5.12. The lowest BCUT2D eigenvalue weighted by molar-refractivity contribution is -0.128. The Morgan fingerprint density at radius 1 is 1.42 bits per heavy atom. The van der Waals surface area contributed by atoms with Crippen LogP contribution in [0.3, 0.4) is 0 Å². The van der Waals surface area contributed by atoms with E-state index in [1.807, 2.05) is 11.9 Å². The molecule has 1 heterocycles. The molecular formula is C15H29N3O. The van der Waals surface area contributed by atoms with E-state index in [-0.39, 0.29) is 17.5 Å². The van der Waals surface area contributed by atoms with Gasteiger partial charge in [0.15, 0.2) is 0 Å². The molecule has 1 aliphatic carbocycles. The van der Waals surface area contributed by atoms with Crippen LogP contribution in [-0.4, -0.2) is 61.5 Å². The molecule has 1 saturated heterocycles. The summed E-state index contributed by atoms with van der Waals surface area (Å²) in [5, 5.41) is 3.54. The van der Waals surface area contributed by atoms with Crippen molar-refractivity contribution in [1.29, 1.82) is 0 Å². The van der Waals surface area contributed by atoms with Crippen molar-refractivity contribution in [2.75, 3.05) is 34.2 Å². The van der Waals surface area contributed by atoms with Crippen molar-refractivity contribution in [3.05, 3.63) is 0 Å². The summed E-state index contributed by atoms with van der Waals surface area (Å²) in [6.07, 6.45) is 6.09. The first kappa shape index (κ1) is 14.8. The second kappa shape index (κ2) is 5.80. The van der Waals surface area contributed by atoms with Crippen LogP contribution in [0.4, 0.5) is 0 Å². The zero-order valence-electron chi connectivity index (χ0n) is 12.9. The van der Waals surface area contributed by atoms with Crippen LogP contribution in [0.2, 0.25) is 0 Å². The first-order valence-electron chi connectivity index (χ1n) is 7.60. The minimum Gasteiger partial charge on any atom is -0.344 e. The molecule has 2 rings (SSSR count). The van der Waals surface area contributed by atoms with Gasteiger partial charge in [0.25, 0.3) is 0 Å². The zero-order chi connectivity index (χ0) is 14.0. The van der Waals surface area contributed by atoms with Gasteiger partial charge in [-0.3, -0.25) is 4.79 Å². The van der Waals surface area contributed by atoms with Crippen LogP contribution in [0.15, 0.2) is 0 Å². The lowest BCUT2D eigenvalue weighted by atomic mass is 9.75. The van der Waals surface area contributed by atoms with Crippen molar-refractivity contribution < 1.29 is 4.79 Å². The minimum absolute atomic E-state index is 0.0408. The van der Waals surface area contributed by atoms with Crippen LogP contribution < -0.4 is 5.32 Å². The summed E-state index contributed by atoms with van der Waals surface area (Å²) in [7, 11) is 6.26. The highest BCUT2D eigenvalue weighted by Gasteiger charge is 2.38. The summed E-state index contributed by atoms with van der Waals surface area (Å²) < 4.78 is 0. The average Bonchev–Trinajstić information content (AvgIpc) is 2.67. The average molecular weight is 267 g/mol. The summed E-state index contributed by atoms with van der Waals surface area (Å²) in [5.74, 6) is 1.05. The highest BCUT2D eigenvalue weighted by Crippen LogP contribution is 2.35. The van der Waals surface area contributed by atoms with Gasteiger partial charge < -0.3 is 15.1 Å². The molecule has 1 saturated carbocycles. The van der Waals surface area contributed by atoms with Crippen LogP contribution >= 0.6 is 0 Å². The van der Waals surface area contributed by atoms with Gasteiger partial charge in [-0.2, -0.15) is 0 Å². The Morgan fingerprint density at radius 2 is 2.16 bits per heavy atom. The van der Waals surface area contributed by atoms with Crippen LogP contribution in [0, 0.1) is 5.92 Å². The number of nitrogens with zero attached hydrogens (tertiary/aromatic N) is 2. The van der Waals surface area contributed by atoms with Crippen molar-refractivity contribution in [3.8, 4) is 0 Å². The molecule has 0 spiro atoms. The first-order valence-corrected chi connectivity index (χ1v) is 7.60. The third kappa shape index (κ3) is 3.11. The summed E-state index contributed by atoms with van der Waals surface area (Å²) in [5.41, 5.74) is 0.235. The van der Waals surface area contributed by atoms with E-state index in [0.29, 0.717) is 0 Å². The Bertz CT molecular complexity index is 331. The van der Waals surface area contributed by atoms with Gasteiger partial charge >= 0.3 is 0 Å². The van der Waals surface area contributed by atoms with Crippen LogP contribution in [-0.2, 0) is 4.79 Å². The number of nitrogens with one attached hydrogen (secondary N) is 1. The summed E-state index contributed by atoms with van der Waals surface area (Å²) in [6, 6.07) is 0.0408. The fourth-order valence-corrected chi connectivity index (χ4v) is 3.68. The normalized spacial score (nSPS) is 36.3. The van der Waals surface area contributed by atoms with Gasteiger partial charge in [-0.1, -0.05) is 19.8 Å². The maximum atomic E-state index is 12.0. The lowest BCUT2D eigenvalue weighted by Crippen LogP contribution is -2.56. The number of amides is 1. The van der Waals surface area contributed by atoms with Crippen molar-refractivity contribution in [2.45, 2.75) is 50.6 Å². The first-order chi connectivity index (χ1) is 8.94. The second-order valence-electron chi connectivity index (χ2n) is 6.80. The van der Waals surface area contributed by atoms with Crippen LogP contribution in [0.25, 0.3) is 0 Å². The molecular weight excluding hydrogens is 238 g/mol. The van der Waals surface area contributed by atoms with Crippen LogP contribution in [0.5, 0.6) is 0 Å². The van der Waals surface area contributed by atoms with Gasteiger partial charge in [0.05, 0.1) is 6.04 Å². The Balaban J connectivity index is 1.96. The molecule has 19 heavy (non-hydrogen) atoms. The number of carbonyl (C=O) groups excluding carboxylic acids is 1. The van der Waals surface area contributed by atoms with Gasteiger partial charge in [0.2, 0.25) is 5.91 Å². The van der Waals surface area contributed by atoms with Gasteiger partial charge in [-0.15, -0.1) is 0 Å². The van der Waals surface area contributed by atoms with E-state index in [1.165, 1.54) is 25.7 Å². The molecule has 110 valence electrons. The predicted molar refractivity (Wildman–Crippen MR) is 78.1 cm³/mol. The summed E-state index contributed by atoms with van der Waals surface area (Å²) >= 11 is 0. The Labute approximate surface area is 117 Å². The standard InChI is InChI=1S/C15H29N3O/c1-12-6-5-8-15(10-12,17(2)3)11-16-13-7-9-18(4)14(13)19/h12-13,16H,5-11H2,1-4H3. The molecule has 4 heteroatoms. The number of carbonyl (C=O) groups is 1. The van der Waals surface area contributed by atoms with Gasteiger partial charge in [-0.25, -0.2) is 0 Å². The molecule has 1 amide bonds.